The van der Waals surface area contributed by atoms with Crippen LogP contribution in [-0.4, -0.2) is 24.7 Å². The van der Waals surface area contributed by atoms with Gasteiger partial charge in [0.25, 0.3) is 0 Å². The van der Waals surface area contributed by atoms with E-state index in [1.165, 1.54) is 12.3 Å². The fraction of sp³-hybridized carbons (Fsp3) is 0.176. The molecule has 0 N–H and O–H groups in total. The predicted octanol–water partition coefficient (Wildman–Crippen LogP) is 4.27. The molecule has 0 spiro atoms. The number of benzene rings is 1. The molecule has 4 rings (SSSR count). The molecule has 144 valence electrons. The van der Waals surface area contributed by atoms with Crippen molar-refractivity contribution in [2.75, 3.05) is 0 Å². The number of alkyl halides is 3. The first-order valence-corrected chi connectivity index (χ1v) is 8.29. The Kier molecular flexibility index (Phi) is 4.42. The van der Waals surface area contributed by atoms with Gasteiger partial charge in [-0.25, -0.2) is 9.97 Å². The van der Waals surface area contributed by atoms with Crippen LogP contribution in [0.15, 0.2) is 41.3 Å². The molecule has 3 heterocycles. The highest BCUT2D eigenvalue weighted by atomic mass is 35.5. The molecule has 0 aliphatic heterocycles. The van der Waals surface area contributed by atoms with Crippen LogP contribution in [0, 0.1) is 0 Å². The van der Waals surface area contributed by atoms with E-state index < -0.39 is 12.1 Å². The van der Waals surface area contributed by atoms with Crippen LogP contribution < -0.4 is 4.74 Å². The number of hydrogen-bond acceptors (Lipinski definition) is 6. The topological polar surface area (TPSA) is 78.9 Å². The number of halogens is 4. The van der Waals surface area contributed by atoms with E-state index in [4.69, 9.17) is 16.3 Å². The van der Waals surface area contributed by atoms with Crippen LogP contribution in [-0.2, 0) is 19.8 Å². The first kappa shape index (κ1) is 18.2. The van der Waals surface area contributed by atoms with E-state index in [2.05, 4.69) is 24.6 Å². The smallest absolute Gasteiger partial charge is 0.471 e. The number of pyridine rings is 1. The largest absolute Gasteiger partial charge is 0.472 e. The summed E-state index contributed by atoms with van der Waals surface area (Å²) in [6.45, 7) is 0.142. The molecule has 0 unspecified atom stereocenters. The first-order valence-electron chi connectivity index (χ1n) is 7.91. The van der Waals surface area contributed by atoms with Gasteiger partial charge >= 0.3 is 12.1 Å². The Labute approximate surface area is 160 Å². The highest BCUT2D eigenvalue weighted by Crippen LogP contribution is 2.35. The molecule has 0 aliphatic rings. The Morgan fingerprint density at radius 2 is 2.04 bits per heavy atom. The SMILES string of the molecule is Cn1cnc2cc(COc3nccc(-c4noc(C(F)(F)F)n4)c3Cl)ccc21. The van der Waals surface area contributed by atoms with Gasteiger partial charge in [-0.2, -0.15) is 18.2 Å². The molecular weight excluding hydrogens is 399 g/mol. The summed E-state index contributed by atoms with van der Waals surface area (Å²) in [5, 5.41) is 3.31. The lowest BCUT2D eigenvalue weighted by molar-refractivity contribution is -0.159. The lowest BCUT2D eigenvalue weighted by Gasteiger charge is -2.09. The molecule has 0 saturated carbocycles. The second-order valence-corrected chi connectivity index (χ2v) is 6.24. The molecule has 0 radical (unpaired) electrons. The number of aromatic nitrogens is 5. The lowest BCUT2D eigenvalue weighted by atomic mass is 10.2. The van der Waals surface area contributed by atoms with Crippen LogP contribution in [0.1, 0.15) is 11.5 Å². The monoisotopic (exact) mass is 409 g/mol. The molecule has 4 aromatic rings. The summed E-state index contributed by atoms with van der Waals surface area (Å²) in [5.41, 5.74) is 2.72. The first-order chi connectivity index (χ1) is 13.3. The minimum Gasteiger partial charge on any atom is -0.472 e. The van der Waals surface area contributed by atoms with Crippen LogP contribution >= 0.6 is 11.6 Å². The zero-order valence-corrected chi connectivity index (χ0v) is 15.0. The number of aryl methyl sites for hydroxylation is 1. The van der Waals surface area contributed by atoms with Crippen molar-refractivity contribution < 1.29 is 22.4 Å². The van der Waals surface area contributed by atoms with Gasteiger partial charge in [-0.05, 0) is 23.8 Å². The van der Waals surface area contributed by atoms with E-state index >= 15 is 0 Å². The molecule has 0 fully saturated rings. The highest BCUT2D eigenvalue weighted by molar-refractivity contribution is 6.34. The Bertz CT molecular complexity index is 1160. The zero-order chi connectivity index (χ0) is 19.9. The molecule has 28 heavy (non-hydrogen) atoms. The number of imidazole rings is 1. The number of nitrogens with zero attached hydrogens (tertiary/aromatic N) is 5. The Morgan fingerprint density at radius 1 is 1.21 bits per heavy atom. The van der Waals surface area contributed by atoms with Gasteiger partial charge < -0.3 is 13.8 Å². The molecule has 0 bridgehead atoms. The highest BCUT2D eigenvalue weighted by Gasteiger charge is 2.38. The summed E-state index contributed by atoms with van der Waals surface area (Å²) < 4.78 is 49.7. The van der Waals surface area contributed by atoms with Crippen LogP contribution in [0.5, 0.6) is 5.88 Å². The molecule has 3 aromatic heterocycles. The van der Waals surface area contributed by atoms with E-state index in [1.807, 2.05) is 29.8 Å². The predicted molar refractivity (Wildman–Crippen MR) is 92.6 cm³/mol. The van der Waals surface area contributed by atoms with Crippen molar-refractivity contribution in [3.05, 3.63) is 53.3 Å². The Balaban J connectivity index is 1.57. The summed E-state index contributed by atoms with van der Waals surface area (Å²) in [6.07, 6.45) is -1.70. The molecule has 1 aromatic carbocycles. The maximum absolute atomic E-state index is 12.6. The van der Waals surface area contributed by atoms with Crippen molar-refractivity contribution in [3.63, 3.8) is 0 Å². The van der Waals surface area contributed by atoms with E-state index in [9.17, 15) is 13.2 Å². The van der Waals surface area contributed by atoms with Crippen LogP contribution in [0.4, 0.5) is 13.2 Å². The van der Waals surface area contributed by atoms with E-state index in [-0.39, 0.29) is 28.9 Å². The van der Waals surface area contributed by atoms with Crippen LogP contribution in [0.25, 0.3) is 22.4 Å². The van der Waals surface area contributed by atoms with Gasteiger partial charge in [-0.1, -0.05) is 22.8 Å². The van der Waals surface area contributed by atoms with Gasteiger partial charge in [0.1, 0.15) is 11.6 Å². The molecule has 11 heteroatoms. The minimum atomic E-state index is -4.74. The van der Waals surface area contributed by atoms with Crippen molar-refractivity contribution >= 4 is 22.6 Å². The fourth-order valence-electron chi connectivity index (χ4n) is 2.57. The second-order valence-electron chi connectivity index (χ2n) is 5.87. The molecule has 0 saturated heterocycles. The van der Waals surface area contributed by atoms with Gasteiger partial charge in [-0.15, -0.1) is 0 Å². The molecule has 7 nitrogen and oxygen atoms in total. The third-order valence-corrected chi connectivity index (χ3v) is 4.30. The summed E-state index contributed by atoms with van der Waals surface area (Å²) >= 11 is 6.23. The normalized spacial score (nSPS) is 11.9. The average Bonchev–Trinajstić information content (AvgIpc) is 3.28. The zero-order valence-electron chi connectivity index (χ0n) is 14.2. The van der Waals surface area contributed by atoms with Crippen LogP contribution in [0.3, 0.4) is 0 Å². The summed E-state index contributed by atoms with van der Waals surface area (Å²) in [6, 6.07) is 7.02. The van der Waals surface area contributed by atoms with Gasteiger partial charge in [0, 0.05) is 18.8 Å². The van der Waals surface area contributed by atoms with E-state index in [1.54, 1.807) is 6.33 Å². The van der Waals surface area contributed by atoms with E-state index in [0.717, 1.165) is 16.6 Å². The number of rotatable bonds is 4. The van der Waals surface area contributed by atoms with Crippen molar-refractivity contribution in [3.8, 4) is 17.3 Å². The standard InChI is InChI=1S/C17H11ClF3N5O2/c1-26-8-23-11-6-9(2-3-12(11)26)7-27-15-13(18)10(4-5-22-15)14-24-16(28-25-14)17(19,20)21/h2-6,8H,7H2,1H3. The molecular formula is C17H11ClF3N5O2. The van der Waals surface area contributed by atoms with Crippen molar-refractivity contribution in [1.82, 2.24) is 24.7 Å². The summed E-state index contributed by atoms with van der Waals surface area (Å²) in [7, 11) is 1.89. The van der Waals surface area contributed by atoms with Gasteiger partial charge in [0.05, 0.1) is 17.4 Å². The van der Waals surface area contributed by atoms with Crippen molar-refractivity contribution in [1.29, 1.82) is 0 Å². The average molecular weight is 410 g/mol. The maximum Gasteiger partial charge on any atom is 0.471 e. The molecule has 0 atom stereocenters. The minimum absolute atomic E-state index is 0.0176. The third-order valence-electron chi connectivity index (χ3n) is 3.93. The number of fused-ring (bicyclic) bond motifs is 1. The maximum atomic E-state index is 12.6. The fourth-order valence-corrected chi connectivity index (χ4v) is 2.82. The third kappa shape index (κ3) is 3.38. The lowest BCUT2D eigenvalue weighted by Crippen LogP contribution is -2.05. The Morgan fingerprint density at radius 3 is 2.79 bits per heavy atom. The van der Waals surface area contributed by atoms with Crippen molar-refractivity contribution in [2.24, 2.45) is 7.05 Å². The summed E-state index contributed by atoms with van der Waals surface area (Å²) in [5.74, 6) is -1.72. The van der Waals surface area contributed by atoms with Crippen LogP contribution in [0.2, 0.25) is 5.02 Å². The molecule has 0 amide bonds. The van der Waals surface area contributed by atoms with Gasteiger partial charge in [0.15, 0.2) is 0 Å². The number of ether oxygens (including phenoxy) is 1. The van der Waals surface area contributed by atoms with Gasteiger partial charge in [0.2, 0.25) is 11.7 Å². The second kappa shape index (κ2) is 6.79. The Hall–Kier alpha value is -3.14. The molecule has 0 aliphatic carbocycles. The van der Waals surface area contributed by atoms with Gasteiger partial charge in [-0.3, -0.25) is 0 Å². The number of hydrogen-bond donors (Lipinski definition) is 0. The summed E-state index contributed by atoms with van der Waals surface area (Å²) in [4.78, 5) is 11.6. The quantitative estimate of drug-likeness (QED) is 0.501. The van der Waals surface area contributed by atoms with Crippen molar-refractivity contribution in [2.45, 2.75) is 12.8 Å². The van der Waals surface area contributed by atoms with E-state index in [0.29, 0.717) is 0 Å².